The molecule has 0 aliphatic rings. The highest BCUT2D eigenvalue weighted by molar-refractivity contribution is 6.35. The smallest absolute Gasteiger partial charge is 0.313 e. The van der Waals surface area contributed by atoms with Crippen LogP contribution in [-0.4, -0.2) is 47.6 Å². The van der Waals surface area contributed by atoms with E-state index in [1.165, 1.54) is 9.13 Å². The van der Waals surface area contributed by atoms with E-state index in [0.29, 0.717) is 32.6 Å². The minimum Gasteiger partial charge on any atom is -0.313 e. The molecule has 0 unspecified atom stereocenters. The van der Waals surface area contributed by atoms with Crippen LogP contribution in [0.25, 0.3) is 16.9 Å². The first-order chi connectivity index (χ1) is 15.7. The number of aryl methyl sites for hydroxylation is 2. The van der Waals surface area contributed by atoms with Crippen LogP contribution in [0.2, 0.25) is 10.0 Å². The van der Waals surface area contributed by atoms with Crippen molar-refractivity contribution in [2.75, 3.05) is 19.6 Å². The van der Waals surface area contributed by atoms with Crippen molar-refractivity contribution >= 4 is 40.1 Å². The van der Waals surface area contributed by atoms with Crippen LogP contribution in [0.1, 0.15) is 30.8 Å². The number of halogens is 2. The fourth-order valence-electron chi connectivity index (χ4n) is 4.32. The standard InChI is InChI=1S/C23H28Cl2N6O2/c1-6-28(7-2)10-11-29-14(3)15(4)31-19-20(26-22(29)31)27(5)23(33)30(21(19)32)13-16-8-9-17(24)12-18(16)25/h8-9,12H,6-7,10-11,13H2,1-5H3. The zero-order chi connectivity index (χ0) is 24.0. The largest absolute Gasteiger partial charge is 0.332 e. The molecule has 0 spiro atoms. The van der Waals surface area contributed by atoms with E-state index in [1.807, 2.05) is 18.2 Å². The molecule has 0 amide bonds. The van der Waals surface area contributed by atoms with Crippen molar-refractivity contribution in [3.05, 3.63) is 66.0 Å². The summed E-state index contributed by atoms with van der Waals surface area (Å²) in [4.78, 5) is 33.8. The molecule has 4 aromatic rings. The maximum Gasteiger partial charge on any atom is 0.332 e. The second-order valence-corrected chi connectivity index (χ2v) is 9.08. The number of hydrogen-bond donors (Lipinski definition) is 0. The van der Waals surface area contributed by atoms with Gasteiger partial charge >= 0.3 is 5.69 Å². The molecule has 0 radical (unpaired) electrons. The van der Waals surface area contributed by atoms with Crippen molar-refractivity contribution in [2.45, 2.75) is 40.8 Å². The minimum atomic E-state index is -0.441. The Balaban J connectivity index is 1.92. The Morgan fingerprint density at radius 2 is 1.73 bits per heavy atom. The number of rotatable bonds is 7. The van der Waals surface area contributed by atoms with Gasteiger partial charge in [-0.15, -0.1) is 0 Å². The Hall–Kier alpha value is -2.55. The molecular weight excluding hydrogens is 463 g/mol. The number of benzene rings is 1. The molecule has 10 heteroatoms. The van der Waals surface area contributed by atoms with E-state index >= 15 is 0 Å². The van der Waals surface area contributed by atoms with Crippen molar-refractivity contribution in [3.63, 3.8) is 0 Å². The summed E-state index contributed by atoms with van der Waals surface area (Å²) in [6.45, 7) is 11.9. The van der Waals surface area contributed by atoms with Crippen molar-refractivity contribution in [1.29, 1.82) is 0 Å². The van der Waals surface area contributed by atoms with E-state index in [1.54, 1.807) is 25.2 Å². The van der Waals surface area contributed by atoms with Crippen LogP contribution in [0.3, 0.4) is 0 Å². The molecule has 0 bridgehead atoms. The van der Waals surface area contributed by atoms with Gasteiger partial charge in [-0.3, -0.25) is 18.3 Å². The first-order valence-corrected chi connectivity index (χ1v) is 11.8. The lowest BCUT2D eigenvalue weighted by atomic mass is 10.2. The third-order valence-corrected chi connectivity index (χ3v) is 7.09. The van der Waals surface area contributed by atoms with Gasteiger partial charge in [0.25, 0.3) is 5.56 Å². The van der Waals surface area contributed by atoms with Crippen LogP contribution in [-0.2, 0) is 20.1 Å². The van der Waals surface area contributed by atoms with E-state index in [4.69, 9.17) is 28.2 Å². The summed E-state index contributed by atoms with van der Waals surface area (Å²) in [5.74, 6) is 0.668. The lowest BCUT2D eigenvalue weighted by molar-refractivity contribution is 0.291. The minimum absolute atomic E-state index is 0.0470. The molecule has 0 saturated carbocycles. The number of nitrogens with zero attached hydrogens (tertiary/aromatic N) is 6. The molecule has 0 fully saturated rings. The molecule has 176 valence electrons. The van der Waals surface area contributed by atoms with Crippen molar-refractivity contribution < 1.29 is 0 Å². The lowest BCUT2D eigenvalue weighted by Gasteiger charge is -2.18. The van der Waals surface area contributed by atoms with E-state index in [-0.39, 0.29) is 6.54 Å². The molecule has 0 saturated heterocycles. The third-order valence-electron chi connectivity index (χ3n) is 6.51. The maximum absolute atomic E-state index is 13.6. The summed E-state index contributed by atoms with van der Waals surface area (Å²) in [7, 11) is 1.64. The molecule has 33 heavy (non-hydrogen) atoms. The summed E-state index contributed by atoms with van der Waals surface area (Å²) in [5, 5.41) is 0.902. The molecular formula is C23H28Cl2N6O2. The topological polar surface area (TPSA) is 69.5 Å². The van der Waals surface area contributed by atoms with E-state index < -0.39 is 11.2 Å². The van der Waals surface area contributed by atoms with Gasteiger partial charge in [0.1, 0.15) is 0 Å². The van der Waals surface area contributed by atoms with Crippen molar-refractivity contribution in [1.82, 2.24) is 28.0 Å². The Morgan fingerprint density at radius 1 is 1.03 bits per heavy atom. The highest BCUT2D eigenvalue weighted by Crippen LogP contribution is 2.23. The number of aromatic nitrogens is 5. The molecule has 8 nitrogen and oxygen atoms in total. The van der Waals surface area contributed by atoms with Crippen LogP contribution < -0.4 is 11.2 Å². The molecule has 4 rings (SSSR count). The number of likely N-dealkylation sites (N-methyl/N-ethyl adjacent to an activating group) is 1. The maximum atomic E-state index is 13.6. The van der Waals surface area contributed by atoms with E-state index in [0.717, 1.165) is 37.6 Å². The average molecular weight is 491 g/mol. The van der Waals surface area contributed by atoms with Gasteiger partial charge in [0.15, 0.2) is 11.2 Å². The quantitative estimate of drug-likeness (QED) is 0.397. The molecule has 0 aliphatic carbocycles. The Labute approximate surface area is 201 Å². The zero-order valence-corrected chi connectivity index (χ0v) is 21.0. The number of hydrogen-bond acceptors (Lipinski definition) is 4. The summed E-state index contributed by atoms with van der Waals surface area (Å²) in [6, 6.07) is 5.02. The van der Waals surface area contributed by atoms with Gasteiger partial charge < -0.3 is 9.47 Å². The molecule has 1 aromatic carbocycles. The normalized spacial score (nSPS) is 12.0. The zero-order valence-electron chi connectivity index (χ0n) is 19.5. The Morgan fingerprint density at radius 3 is 2.36 bits per heavy atom. The Bertz CT molecular complexity index is 1470. The average Bonchev–Trinajstić information content (AvgIpc) is 3.28. The first-order valence-electron chi connectivity index (χ1n) is 11.0. The predicted octanol–water partition coefficient (Wildman–Crippen LogP) is 3.46. The van der Waals surface area contributed by atoms with Gasteiger partial charge in [-0.25, -0.2) is 4.79 Å². The number of fused-ring (bicyclic) bond motifs is 3. The number of imidazole rings is 2. The van der Waals surface area contributed by atoms with Crippen molar-refractivity contribution in [3.8, 4) is 0 Å². The van der Waals surface area contributed by atoms with Crippen LogP contribution in [0.15, 0.2) is 27.8 Å². The fourth-order valence-corrected chi connectivity index (χ4v) is 4.79. The van der Waals surface area contributed by atoms with Gasteiger partial charge in [-0.2, -0.15) is 4.98 Å². The third kappa shape index (κ3) is 3.90. The van der Waals surface area contributed by atoms with Gasteiger partial charge in [-0.1, -0.05) is 43.1 Å². The van der Waals surface area contributed by atoms with Crippen LogP contribution in [0.5, 0.6) is 0 Å². The van der Waals surface area contributed by atoms with Crippen LogP contribution >= 0.6 is 23.2 Å². The summed E-state index contributed by atoms with van der Waals surface area (Å²) in [5.41, 5.74) is 2.55. The summed E-state index contributed by atoms with van der Waals surface area (Å²) < 4.78 is 6.62. The van der Waals surface area contributed by atoms with E-state index in [2.05, 4.69) is 23.3 Å². The highest BCUT2D eigenvalue weighted by Gasteiger charge is 2.23. The van der Waals surface area contributed by atoms with Crippen LogP contribution in [0.4, 0.5) is 0 Å². The van der Waals surface area contributed by atoms with Gasteiger partial charge in [-0.05, 0) is 44.6 Å². The fraction of sp³-hybridized carbons (Fsp3) is 0.435. The van der Waals surface area contributed by atoms with E-state index in [9.17, 15) is 9.59 Å². The van der Waals surface area contributed by atoms with Crippen molar-refractivity contribution in [2.24, 2.45) is 7.05 Å². The van der Waals surface area contributed by atoms with Gasteiger partial charge in [0, 0.05) is 41.6 Å². The highest BCUT2D eigenvalue weighted by atomic mass is 35.5. The molecule has 0 N–H and O–H groups in total. The predicted molar refractivity (Wildman–Crippen MR) is 133 cm³/mol. The summed E-state index contributed by atoms with van der Waals surface area (Å²) >= 11 is 12.3. The Kier molecular flexibility index (Phi) is 6.44. The monoisotopic (exact) mass is 490 g/mol. The SMILES string of the molecule is CCN(CC)CCn1c(C)c(C)n2c3c(=O)n(Cc4ccc(Cl)cc4Cl)c(=O)n(C)c3nc12. The second-order valence-electron chi connectivity index (χ2n) is 8.24. The molecule has 0 aliphatic heterocycles. The summed E-state index contributed by atoms with van der Waals surface area (Å²) in [6.07, 6.45) is 0. The molecule has 3 heterocycles. The van der Waals surface area contributed by atoms with Crippen LogP contribution in [0, 0.1) is 13.8 Å². The lowest BCUT2D eigenvalue weighted by Crippen LogP contribution is -2.39. The van der Waals surface area contributed by atoms with Gasteiger partial charge in [0.2, 0.25) is 5.78 Å². The second kappa shape index (κ2) is 9.00. The van der Waals surface area contributed by atoms with Gasteiger partial charge in [0.05, 0.1) is 6.54 Å². The molecule has 3 aromatic heterocycles. The first kappa shape index (κ1) is 23.6. The molecule has 0 atom stereocenters.